The van der Waals surface area contributed by atoms with Gasteiger partial charge in [-0.1, -0.05) is 30.8 Å². The normalized spacial score (nSPS) is 20.4. The molecule has 1 aliphatic rings. The average Bonchev–Trinajstić information content (AvgIpc) is 2.78. The van der Waals surface area contributed by atoms with E-state index in [2.05, 4.69) is 22.5 Å². The average molecular weight is 320 g/mol. The molecule has 1 aromatic carbocycles. The minimum Gasteiger partial charge on any atom is -0.330 e. The molecule has 1 aromatic rings. The molecule has 4 N–H and O–H groups in total. The Morgan fingerprint density at radius 3 is 2.64 bits per heavy atom. The number of carbonyl (C=O) groups excluding carboxylic acids is 2. The number of para-hydroxylation sites is 1. The molecule has 2 amide bonds. The fraction of sp³-hybridized carbons (Fsp3) is 0.400. The van der Waals surface area contributed by atoms with Crippen LogP contribution in [0.5, 0.6) is 0 Å². The minimum atomic E-state index is -0.281. The number of carbonyl (C=O) groups is 2. The van der Waals surface area contributed by atoms with E-state index in [1.165, 1.54) is 11.8 Å². The monoisotopic (exact) mass is 320 g/mol. The highest BCUT2D eigenvalue weighted by molar-refractivity contribution is 8.14. The SMILES string of the molecule is CC1N=C(NC(=O)c2ccccc2NC(=O)CCN)SC1C. The maximum Gasteiger partial charge on any atom is 0.259 e. The number of nitrogens with two attached hydrogens (primary N) is 1. The zero-order valence-corrected chi connectivity index (χ0v) is 13.4. The summed E-state index contributed by atoms with van der Waals surface area (Å²) in [6.07, 6.45) is 0.216. The summed E-state index contributed by atoms with van der Waals surface area (Å²) in [5.41, 5.74) is 6.24. The molecule has 118 valence electrons. The van der Waals surface area contributed by atoms with Crippen molar-refractivity contribution in [2.24, 2.45) is 10.7 Å². The topological polar surface area (TPSA) is 96.6 Å². The molecule has 22 heavy (non-hydrogen) atoms. The first-order valence-corrected chi connectivity index (χ1v) is 8.04. The Labute approximate surface area is 133 Å². The van der Waals surface area contributed by atoms with Crippen molar-refractivity contribution in [1.29, 1.82) is 0 Å². The lowest BCUT2D eigenvalue weighted by atomic mass is 10.1. The third-order valence-corrected chi connectivity index (χ3v) is 4.53. The smallest absolute Gasteiger partial charge is 0.259 e. The van der Waals surface area contributed by atoms with Crippen LogP contribution in [0.25, 0.3) is 0 Å². The van der Waals surface area contributed by atoms with E-state index in [4.69, 9.17) is 5.73 Å². The van der Waals surface area contributed by atoms with E-state index >= 15 is 0 Å². The van der Waals surface area contributed by atoms with Gasteiger partial charge in [-0.25, -0.2) is 0 Å². The third kappa shape index (κ3) is 4.08. The number of aliphatic imine (C=N–C) groups is 1. The molecule has 0 radical (unpaired) electrons. The predicted octanol–water partition coefficient (Wildman–Crippen LogP) is 1.58. The highest BCUT2D eigenvalue weighted by atomic mass is 32.2. The number of hydrogen-bond donors (Lipinski definition) is 3. The number of anilines is 1. The van der Waals surface area contributed by atoms with E-state index in [-0.39, 0.29) is 30.8 Å². The summed E-state index contributed by atoms with van der Waals surface area (Å²) in [6.45, 7) is 4.35. The van der Waals surface area contributed by atoms with Gasteiger partial charge >= 0.3 is 0 Å². The standard InChI is InChI=1S/C15H20N4O2S/c1-9-10(2)22-15(17-9)19-14(21)11-5-3-4-6-12(11)18-13(20)7-8-16/h3-6,9-10H,7-8,16H2,1-2H3,(H,18,20)(H,17,19,21). The maximum atomic E-state index is 12.4. The van der Waals surface area contributed by atoms with Gasteiger partial charge in [0.05, 0.1) is 17.3 Å². The summed E-state index contributed by atoms with van der Waals surface area (Å²) in [6, 6.07) is 7.06. The van der Waals surface area contributed by atoms with Crippen molar-refractivity contribution in [1.82, 2.24) is 5.32 Å². The van der Waals surface area contributed by atoms with Gasteiger partial charge in [0.2, 0.25) is 5.91 Å². The zero-order chi connectivity index (χ0) is 16.1. The van der Waals surface area contributed by atoms with Crippen molar-refractivity contribution in [3.05, 3.63) is 29.8 Å². The van der Waals surface area contributed by atoms with Gasteiger partial charge in [0.1, 0.15) is 0 Å². The highest BCUT2D eigenvalue weighted by Gasteiger charge is 2.24. The third-order valence-electron chi connectivity index (χ3n) is 3.34. The van der Waals surface area contributed by atoms with Gasteiger partial charge in [0.15, 0.2) is 5.17 Å². The largest absolute Gasteiger partial charge is 0.330 e. The summed E-state index contributed by atoms with van der Waals surface area (Å²) in [5, 5.41) is 6.47. The molecule has 0 aromatic heterocycles. The second-order valence-corrected chi connectivity index (χ2v) is 6.45. The van der Waals surface area contributed by atoms with Crippen molar-refractivity contribution in [2.75, 3.05) is 11.9 Å². The van der Waals surface area contributed by atoms with Gasteiger partial charge in [-0.2, -0.15) is 0 Å². The van der Waals surface area contributed by atoms with Crippen molar-refractivity contribution >= 4 is 34.4 Å². The van der Waals surface area contributed by atoms with Crippen LogP contribution in [0.2, 0.25) is 0 Å². The van der Waals surface area contributed by atoms with Crippen LogP contribution in [0.4, 0.5) is 5.69 Å². The van der Waals surface area contributed by atoms with Gasteiger partial charge in [-0.3, -0.25) is 14.6 Å². The molecule has 7 heteroatoms. The van der Waals surface area contributed by atoms with E-state index in [1.807, 2.05) is 6.92 Å². The van der Waals surface area contributed by atoms with Crippen molar-refractivity contribution in [3.8, 4) is 0 Å². The molecule has 0 fully saturated rings. The number of rotatable bonds is 4. The van der Waals surface area contributed by atoms with Crippen molar-refractivity contribution in [3.63, 3.8) is 0 Å². The molecule has 1 heterocycles. The first-order chi connectivity index (χ1) is 10.5. The fourth-order valence-corrected chi connectivity index (χ4v) is 2.94. The number of nitrogens with zero attached hydrogens (tertiary/aromatic N) is 1. The summed E-state index contributed by atoms with van der Waals surface area (Å²) in [5.74, 6) is -0.492. The van der Waals surface area contributed by atoms with Crippen LogP contribution >= 0.6 is 11.8 Å². The van der Waals surface area contributed by atoms with Crippen LogP contribution in [0.1, 0.15) is 30.6 Å². The molecule has 0 bridgehead atoms. The molecule has 6 nitrogen and oxygen atoms in total. The van der Waals surface area contributed by atoms with Crippen LogP contribution in [0.3, 0.4) is 0 Å². The molecule has 2 unspecified atom stereocenters. The van der Waals surface area contributed by atoms with E-state index < -0.39 is 0 Å². The van der Waals surface area contributed by atoms with Crippen LogP contribution in [-0.2, 0) is 4.79 Å². The molecule has 0 aliphatic carbocycles. The number of amidine groups is 1. The lowest BCUT2D eigenvalue weighted by Crippen LogP contribution is -2.29. The highest BCUT2D eigenvalue weighted by Crippen LogP contribution is 2.25. The van der Waals surface area contributed by atoms with Gasteiger partial charge < -0.3 is 16.4 Å². The summed E-state index contributed by atoms with van der Waals surface area (Å²) in [4.78, 5) is 28.5. The lowest BCUT2D eigenvalue weighted by Gasteiger charge is -2.11. The molecular formula is C15H20N4O2S. The lowest BCUT2D eigenvalue weighted by molar-refractivity contribution is -0.116. The number of thioether (sulfide) groups is 1. The second-order valence-electron chi connectivity index (χ2n) is 5.08. The molecule has 2 atom stereocenters. The fourth-order valence-electron chi connectivity index (χ4n) is 1.96. The van der Waals surface area contributed by atoms with Crippen LogP contribution in [0.15, 0.2) is 29.3 Å². The zero-order valence-electron chi connectivity index (χ0n) is 12.6. The number of benzene rings is 1. The van der Waals surface area contributed by atoms with E-state index in [9.17, 15) is 9.59 Å². The van der Waals surface area contributed by atoms with Gasteiger partial charge in [-0.15, -0.1) is 0 Å². The second kappa shape index (κ2) is 7.42. The van der Waals surface area contributed by atoms with Gasteiger partial charge in [0.25, 0.3) is 5.91 Å². The first-order valence-electron chi connectivity index (χ1n) is 7.16. The maximum absolute atomic E-state index is 12.4. The quantitative estimate of drug-likeness (QED) is 0.785. The Hall–Kier alpha value is -1.86. The molecule has 0 saturated heterocycles. The Morgan fingerprint density at radius 2 is 2.00 bits per heavy atom. The molecule has 0 saturated carbocycles. The van der Waals surface area contributed by atoms with E-state index in [0.717, 1.165) is 0 Å². The molecule has 0 spiro atoms. The van der Waals surface area contributed by atoms with Gasteiger partial charge in [-0.05, 0) is 19.1 Å². The number of amides is 2. The Balaban J connectivity index is 2.10. The predicted molar refractivity (Wildman–Crippen MR) is 90.2 cm³/mol. The molecular weight excluding hydrogens is 300 g/mol. The van der Waals surface area contributed by atoms with Crippen LogP contribution in [0, 0.1) is 0 Å². The summed E-state index contributed by atoms with van der Waals surface area (Å²) in [7, 11) is 0. The van der Waals surface area contributed by atoms with E-state index in [0.29, 0.717) is 21.7 Å². The molecule has 1 aliphatic heterocycles. The molecule has 2 rings (SSSR count). The van der Waals surface area contributed by atoms with Crippen molar-refractivity contribution < 1.29 is 9.59 Å². The number of nitrogens with one attached hydrogen (secondary N) is 2. The van der Waals surface area contributed by atoms with Crippen LogP contribution < -0.4 is 16.4 Å². The Bertz CT molecular complexity index is 603. The summed E-state index contributed by atoms with van der Waals surface area (Å²) >= 11 is 1.54. The minimum absolute atomic E-state index is 0.180. The Kier molecular flexibility index (Phi) is 5.57. The number of hydrogen-bond acceptors (Lipinski definition) is 5. The van der Waals surface area contributed by atoms with Crippen LogP contribution in [-0.4, -0.2) is 34.8 Å². The van der Waals surface area contributed by atoms with E-state index in [1.54, 1.807) is 24.3 Å². The first kappa shape index (κ1) is 16.5. The summed E-state index contributed by atoms with van der Waals surface area (Å²) < 4.78 is 0. The van der Waals surface area contributed by atoms with Crippen molar-refractivity contribution in [2.45, 2.75) is 31.6 Å². The Morgan fingerprint density at radius 1 is 1.27 bits per heavy atom. The van der Waals surface area contributed by atoms with Gasteiger partial charge in [0, 0.05) is 18.2 Å².